The minimum absolute atomic E-state index is 0.195. The van der Waals surface area contributed by atoms with E-state index in [1.807, 2.05) is 0 Å². The molecule has 0 amide bonds. The summed E-state index contributed by atoms with van der Waals surface area (Å²) in [5.41, 5.74) is 0. The highest BCUT2D eigenvalue weighted by molar-refractivity contribution is 5.74. The lowest BCUT2D eigenvalue weighted by molar-refractivity contribution is -0.154. The van der Waals surface area contributed by atoms with E-state index in [1.54, 1.807) is 0 Å². The first-order valence-electron chi connectivity index (χ1n) is 2.54. The molecule has 0 aromatic rings. The second-order valence-corrected chi connectivity index (χ2v) is 1.37. The smallest absolute Gasteiger partial charge is 0.374 e. The summed E-state index contributed by atoms with van der Waals surface area (Å²) in [5, 5.41) is 0. The number of halogens is 2. The van der Waals surface area contributed by atoms with Crippen LogP contribution >= 0.6 is 0 Å². The van der Waals surface area contributed by atoms with E-state index in [9.17, 15) is 13.6 Å². The van der Waals surface area contributed by atoms with Gasteiger partial charge in [-0.2, -0.15) is 8.78 Å². The van der Waals surface area contributed by atoms with Crippen molar-refractivity contribution in [3.05, 3.63) is 0 Å². The van der Waals surface area contributed by atoms with Gasteiger partial charge in [0.05, 0.1) is 0 Å². The molecule has 0 unspecified atom stereocenters. The topological polar surface area (TPSA) is 38.7 Å². The Morgan fingerprint density at radius 1 is 1.80 bits per heavy atom. The highest BCUT2D eigenvalue weighted by Gasteiger charge is 2.15. The first-order chi connectivity index (χ1) is 4.68. The van der Waals surface area contributed by atoms with Gasteiger partial charge in [-0.05, 0) is 0 Å². The molecule has 3 nitrogen and oxygen atoms in total. The first-order valence-corrected chi connectivity index (χ1v) is 2.54. The molecule has 0 fully saturated rings. The van der Waals surface area contributed by atoms with Crippen LogP contribution in [0.3, 0.4) is 0 Å². The lowest BCUT2D eigenvalue weighted by Gasteiger charge is -1.97. The van der Waals surface area contributed by atoms with Crippen LogP contribution in [0.1, 0.15) is 0 Å². The van der Waals surface area contributed by atoms with Crippen molar-refractivity contribution >= 4 is 12.2 Å². The lowest BCUT2D eigenvalue weighted by atomic mass is 10.7. The Morgan fingerprint density at radius 3 is 2.80 bits per heavy atom. The molecule has 58 valence electrons. The van der Waals surface area contributed by atoms with Crippen LogP contribution in [0, 0.1) is 0 Å². The van der Waals surface area contributed by atoms with Gasteiger partial charge in [0, 0.05) is 13.3 Å². The number of aliphatic imine (C=N–C) groups is 1. The van der Waals surface area contributed by atoms with Gasteiger partial charge in [-0.25, -0.2) is 4.79 Å². The number of esters is 1. The fraction of sp³-hybridized carbons (Fsp3) is 0.600. The molecular formula is C5H7F2NO2. The Labute approximate surface area is 56.7 Å². The molecule has 0 aliphatic rings. The summed E-state index contributed by atoms with van der Waals surface area (Å²) in [4.78, 5) is 13.4. The number of carbonyl (C=O) groups excluding carboxylic acids is 1. The van der Waals surface area contributed by atoms with Crippen LogP contribution in [0.15, 0.2) is 4.99 Å². The minimum atomic E-state index is -3.05. The van der Waals surface area contributed by atoms with Crippen LogP contribution in [-0.2, 0) is 9.53 Å². The van der Waals surface area contributed by atoms with Crippen LogP contribution < -0.4 is 0 Å². The van der Waals surface area contributed by atoms with E-state index >= 15 is 0 Å². The van der Waals surface area contributed by atoms with Gasteiger partial charge < -0.3 is 4.74 Å². The monoisotopic (exact) mass is 151 g/mol. The predicted molar refractivity (Wildman–Crippen MR) is 31.4 cm³/mol. The summed E-state index contributed by atoms with van der Waals surface area (Å²) >= 11 is 0. The molecule has 0 aromatic carbocycles. The SMILES string of the molecule is CN=CCOC(=O)C(F)F. The van der Waals surface area contributed by atoms with Crippen molar-refractivity contribution in [3.63, 3.8) is 0 Å². The van der Waals surface area contributed by atoms with E-state index in [0.29, 0.717) is 0 Å². The van der Waals surface area contributed by atoms with Crippen LogP contribution in [0.5, 0.6) is 0 Å². The van der Waals surface area contributed by atoms with Gasteiger partial charge in [0.25, 0.3) is 0 Å². The number of rotatable bonds is 3. The molecule has 10 heavy (non-hydrogen) atoms. The molecule has 0 aliphatic carbocycles. The van der Waals surface area contributed by atoms with Crippen LogP contribution in [-0.4, -0.2) is 32.3 Å². The maximum atomic E-state index is 11.3. The van der Waals surface area contributed by atoms with Crippen molar-refractivity contribution in [1.29, 1.82) is 0 Å². The molecule has 5 heteroatoms. The normalized spacial score (nSPS) is 10.8. The molecule has 0 aliphatic heterocycles. The number of carbonyl (C=O) groups is 1. The molecular weight excluding hydrogens is 144 g/mol. The highest BCUT2D eigenvalue weighted by atomic mass is 19.3. The molecule has 0 radical (unpaired) electrons. The molecule has 0 saturated carbocycles. The van der Waals surface area contributed by atoms with Gasteiger partial charge in [0.2, 0.25) is 0 Å². The lowest BCUT2D eigenvalue weighted by Crippen LogP contribution is -2.15. The third-order valence-electron chi connectivity index (χ3n) is 0.661. The van der Waals surface area contributed by atoms with Crippen LogP contribution in [0.4, 0.5) is 8.78 Å². The maximum absolute atomic E-state index is 11.3. The maximum Gasteiger partial charge on any atom is 0.374 e. The number of nitrogens with zero attached hydrogens (tertiary/aromatic N) is 1. The van der Waals surface area contributed by atoms with Crippen LogP contribution in [0.25, 0.3) is 0 Å². The summed E-state index contributed by atoms with van der Waals surface area (Å²) < 4.78 is 26.7. The molecule has 0 atom stereocenters. The van der Waals surface area contributed by atoms with E-state index in [2.05, 4.69) is 9.73 Å². The van der Waals surface area contributed by atoms with Gasteiger partial charge in [-0.15, -0.1) is 0 Å². The average molecular weight is 151 g/mol. The van der Waals surface area contributed by atoms with E-state index in [4.69, 9.17) is 0 Å². The van der Waals surface area contributed by atoms with Crippen molar-refractivity contribution < 1.29 is 18.3 Å². The first kappa shape index (κ1) is 9.00. The molecule has 0 spiro atoms. The third kappa shape index (κ3) is 3.94. The van der Waals surface area contributed by atoms with Gasteiger partial charge in [-0.3, -0.25) is 4.99 Å². The number of hydrogen-bond donors (Lipinski definition) is 0. The highest BCUT2D eigenvalue weighted by Crippen LogP contribution is 1.93. The Balaban J connectivity index is 3.40. The van der Waals surface area contributed by atoms with E-state index in [1.165, 1.54) is 13.3 Å². The van der Waals surface area contributed by atoms with Crippen molar-refractivity contribution in [2.75, 3.05) is 13.7 Å². The second-order valence-electron chi connectivity index (χ2n) is 1.37. The zero-order valence-electron chi connectivity index (χ0n) is 5.38. The Bertz CT molecular complexity index is 136. The molecule has 0 heterocycles. The minimum Gasteiger partial charge on any atom is -0.456 e. The van der Waals surface area contributed by atoms with Crippen molar-refractivity contribution in [2.45, 2.75) is 6.43 Å². The summed E-state index contributed by atoms with van der Waals surface area (Å²) in [6.07, 6.45) is -1.83. The van der Waals surface area contributed by atoms with Gasteiger partial charge in [-0.1, -0.05) is 0 Å². The van der Waals surface area contributed by atoms with Crippen LogP contribution in [0.2, 0.25) is 0 Å². The number of alkyl halides is 2. The zero-order chi connectivity index (χ0) is 7.98. The van der Waals surface area contributed by atoms with Crippen molar-refractivity contribution in [1.82, 2.24) is 0 Å². The van der Waals surface area contributed by atoms with E-state index in [-0.39, 0.29) is 6.61 Å². The summed E-state index contributed by atoms with van der Waals surface area (Å²) in [5.74, 6) is -1.51. The number of hydrogen-bond acceptors (Lipinski definition) is 3. The summed E-state index contributed by atoms with van der Waals surface area (Å²) in [7, 11) is 1.45. The molecule has 0 rings (SSSR count). The molecule has 0 aromatic heterocycles. The Kier molecular flexibility index (Phi) is 4.36. The summed E-state index contributed by atoms with van der Waals surface area (Å²) in [6, 6.07) is 0. The van der Waals surface area contributed by atoms with E-state index < -0.39 is 12.4 Å². The Morgan fingerprint density at radius 2 is 2.40 bits per heavy atom. The fourth-order valence-electron chi connectivity index (χ4n) is 0.257. The van der Waals surface area contributed by atoms with Crippen molar-refractivity contribution in [3.8, 4) is 0 Å². The molecule has 0 N–H and O–H groups in total. The third-order valence-corrected chi connectivity index (χ3v) is 0.661. The standard InChI is InChI=1S/C5H7F2NO2/c1-8-2-3-10-5(9)4(6)7/h2,4H,3H2,1H3. The van der Waals surface area contributed by atoms with Gasteiger partial charge >= 0.3 is 12.4 Å². The summed E-state index contributed by atoms with van der Waals surface area (Å²) in [6.45, 7) is -0.195. The Hall–Kier alpha value is -1.00. The zero-order valence-corrected chi connectivity index (χ0v) is 5.38. The van der Waals surface area contributed by atoms with Gasteiger partial charge in [0.1, 0.15) is 6.61 Å². The average Bonchev–Trinajstić information content (AvgIpc) is 1.88. The number of ether oxygens (including phenoxy) is 1. The molecule has 0 bridgehead atoms. The largest absolute Gasteiger partial charge is 0.456 e. The fourth-order valence-corrected chi connectivity index (χ4v) is 0.257. The predicted octanol–water partition coefficient (Wildman–Crippen LogP) is 0.495. The second kappa shape index (κ2) is 4.84. The quantitative estimate of drug-likeness (QED) is 0.435. The van der Waals surface area contributed by atoms with Crippen molar-refractivity contribution in [2.24, 2.45) is 4.99 Å². The molecule has 0 saturated heterocycles. The van der Waals surface area contributed by atoms with E-state index in [0.717, 1.165) is 0 Å². The van der Waals surface area contributed by atoms with Gasteiger partial charge in [0.15, 0.2) is 0 Å².